The molecule has 0 saturated carbocycles. The van der Waals surface area contributed by atoms with Crippen LogP contribution < -0.4 is 5.56 Å². The maximum atomic E-state index is 12.4. The highest BCUT2D eigenvalue weighted by molar-refractivity contribution is 7.99. The van der Waals surface area contributed by atoms with Crippen LogP contribution in [-0.4, -0.2) is 79.6 Å². The summed E-state index contributed by atoms with van der Waals surface area (Å²) in [4.78, 5) is 24.1. The Labute approximate surface area is 181 Å². The minimum absolute atomic E-state index is 0.220. The molecule has 1 saturated heterocycles. The van der Waals surface area contributed by atoms with Gasteiger partial charge in [-0.15, -0.1) is 13.2 Å². The lowest BCUT2D eigenvalue weighted by Crippen LogP contribution is -2.32. The van der Waals surface area contributed by atoms with Gasteiger partial charge in [-0.1, -0.05) is 31.5 Å². The van der Waals surface area contributed by atoms with Gasteiger partial charge in [0.1, 0.15) is 18.0 Å². The highest BCUT2D eigenvalue weighted by Crippen LogP contribution is 2.41. The number of hydrogen-bond donors (Lipinski definition) is 3. The van der Waals surface area contributed by atoms with Crippen LogP contribution in [0.1, 0.15) is 44.7 Å². The molecule has 2 aromatic heterocycles. The Morgan fingerprint density at radius 3 is 2.67 bits per heavy atom. The fraction of sp³-hybridized carbons (Fsp3) is 0.700. The second-order valence-electron chi connectivity index (χ2n) is 8.64. The number of fused-ring (bicyclic) bond motifs is 1. The van der Waals surface area contributed by atoms with Crippen LogP contribution >= 0.6 is 18.6 Å². The molecule has 8 nitrogen and oxygen atoms in total. The first kappa shape index (κ1) is 23.5. The van der Waals surface area contributed by atoms with E-state index in [0.717, 1.165) is 31.2 Å². The molecule has 4 atom stereocenters. The van der Waals surface area contributed by atoms with E-state index in [2.05, 4.69) is 41.5 Å². The average Bonchev–Trinajstić information content (AvgIpc) is 3.15. The van der Waals surface area contributed by atoms with Gasteiger partial charge >= 0.3 is 0 Å². The van der Waals surface area contributed by atoms with E-state index in [1.54, 1.807) is 11.5 Å². The third-order valence-electron chi connectivity index (χ3n) is 5.23. The molecule has 0 amide bonds. The van der Waals surface area contributed by atoms with Crippen LogP contribution in [0.3, 0.4) is 0 Å². The van der Waals surface area contributed by atoms with Crippen LogP contribution in [0.5, 0.6) is 0 Å². The van der Waals surface area contributed by atoms with Crippen LogP contribution in [0.2, 0.25) is 0 Å². The van der Waals surface area contributed by atoms with Gasteiger partial charge in [0.2, 0.25) is 0 Å². The highest BCUT2D eigenvalue weighted by atomic mass is 32.2. The van der Waals surface area contributed by atoms with Gasteiger partial charge in [0.25, 0.3) is 5.56 Å². The first-order chi connectivity index (χ1) is 14.1. The number of aliphatic hydroxyl groups excluding tert-OH is 2. The molecule has 0 bridgehead atoms. The van der Waals surface area contributed by atoms with Gasteiger partial charge < -0.3 is 19.9 Å². The Bertz CT molecular complexity index is 985. The zero-order chi connectivity index (χ0) is 22.1. The fourth-order valence-corrected chi connectivity index (χ4v) is 5.55. The van der Waals surface area contributed by atoms with Crippen LogP contribution in [-0.2, 0) is 4.74 Å². The van der Waals surface area contributed by atoms with Gasteiger partial charge in [-0.3, -0.25) is 9.36 Å². The number of unbranched alkanes of at least 4 members (excludes halogenated alkanes) is 2. The number of nitrogens with zero attached hydrogens (tertiary/aromatic N) is 3. The summed E-state index contributed by atoms with van der Waals surface area (Å²) < 4.78 is 7.82. The maximum absolute atomic E-state index is 12.4. The van der Waals surface area contributed by atoms with Crippen molar-refractivity contribution in [2.75, 3.05) is 25.2 Å². The topological polar surface area (TPSA) is 113 Å². The molecule has 3 rings (SSSR count). The Kier molecular flexibility index (Phi) is 7.51. The highest BCUT2D eigenvalue weighted by Gasteiger charge is 2.45. The predicted molar refractivity (Wildman–Crippen MR) is 124 cm³/mol. The van der Waals surface area contributed by atoms with Crippen molar-refractivity contribution in [1.29, 1.82) is 0 Å². The van der Waals surface area contributed by atoms with Gasteiger partial charge in [0, 0.05) is 5.75 Å². The number of nitrogens with one attached hydrogen (secondary N) is 1. The molecule has 0 spiro atoms. The number of aromatic nitrogens is 4. The van der Waals surface area contributed by atoms with Crippen molar-refractivity contribution >= 4 is 36.1 Å². The van der Waals surface area contributed by atoms with Crippen LogP contribution in [0.15, 0.2) is 9.95 Å². The van der Waals surface area contributed by atoms with Crippen molar-refractivity contribution in [1.82, 2.24) is 19.5 Å². The molecule has 0 aromatic carbocycles. The molecule has 1 aliphatic rings. The number of thioether (sulfide) groups is 1. The molecule has 1 aliphatic heterocycles. The number of hydrogen-bond acceptors (Lipinski definition) is 7. The standard InChI is InChI=1S/C20H33N4O4PS/c1-6-7-8-11-30-20-23-14-17(21-12(2)22-18(14)27)24(20)19-16(26)15(25)13(28-19)9-10-29(3,4)5/h13,15-16,19,25-26H,3,6-11H2,1-2,4-5H3,(H,21,22,27)/t13?,15-,16-,19?/m1/s1. The van der Waals surface area contributed by atoms with Gasteiger partial charge in [-0.2, -0.15) is 0 Å². The van der Waals surface area contributed by atoms with Crippen molar-refractivity contribution in [3.63, 3.8) is 0 Å². The fourth-order valence-electron chi connectivity index (χ4n) is 3.58. The molecule has 30 heavy (non-hydrogen) atoms. The molecule has 1 fully saturated rings. The SMILES string of the molecule is C=P(C)(C)CCC1OC(n2c(SCCCCC)nc3c(=O)[nH]c(C)nc32)[C@H](O)[C@@H]1O. The summed E-state index contributed by atoms with van der Waals surface area (Å²) in [6.45, 7) is 6.84. The summed E-state index contributed by atoms with van der Waals surface area (Å²) >= 11 is 1.52. The molecule has 0 aliphatic carbocycles. The van der Waals surface area contributed by atoms with E-state index < -0.39 is 31.4 Å². The van der Waals surface area contributed by atoms with Crippen LogP contribution in [0.25, 0.3) is 11.2 Å². The quantitative estimate of drug-likeness (QED) is 0.302. The minimum Gasteiger partial charge on any atom is -0.388 e. The Balaban J connectivity index is 1.96. The smallest absolute Gasteiger partial charge is 0.279 e. The number of aliphatic hydroxyl groups is 2. The molecule has 0 radical (unpaired) electrons. The average molecular weight is 457 g/mol. The summed E-state index contributed by atoms with van der Waals surface area (Å²) in [5.74, 6) is 1.30. The number of ether oxygens (including phenoxy) is 1. The summed E-state index contributed by atoms with van der Waals surface area (Å²) in [5, 5.41) is 22.0. The van der Waals surface area contributed by atoms with E-state index in [-0.39, 0.29) is 11.1 Å². The number of aromatic amines is 1. The van der Waals surface area contributed by atoms with E-state index in [1.807, 2.05) is 0 Å². The van der Waals surface area contributed by atoms with Crippen molar-refractivity contribution in [3.05, 3.63) is 16.2 Å². The third kappa shape index (κ3) is 5.19. The van der Waals surface area contributed by atoms with Crippen LogP contribution in [0.4, 0.5) is 0 Å². The molecular weight excluding hydrogens is 423 g/mol. The third-order valence-corrected chi connectivity index (χ3v) is 7.73. The Hall–Kier alpha value is -1.12. The summed E-state index contributed by atoms with van der Waals surface area (Å²) in [6, 6.07) is 0. The lowest BCUT2D eigenvalue weighted by molar-refractivity contribution is -0.0400. The van der Waals surface area contributed by atoms with Gasteiger partial charge in [-0.25, -0.2) is 9.97 Å². The van der Waals surface area contributed by atoms with E-state index in [4.69, 9.17) is 4.74 Å². The molecule has 3 heterocycles. The van der Waals surface area contributed by atoms with E-state index >= 15 is 0 Å². The summed E-state index contributed by atoms with van der Waals surface area (Å²) in [5.41, 5.74) is 0.271. The zero-order valence-corrected chi connectivity index (χ0v) is 19.9. The van der Waals surface area contributed by atoms with E-state index in [1.165, 1.54) is 11.8 Å². The second kappa shape index (κ2) is 9.57. The number of imidazole rings is 1. The Morgan fingerprint density at radius 1 is 1.27 bits per heavy atom. The van der Waals surface area contributed by atoms with Crippen molar-refractivity contribution in [2.24, 2.45) is 0 Å². The normalized spacial score (nSPS) is 24.7. The molecular formula is C20H33N4O4PS. The summed E-state index contributed by atoms with van der Waals surface area (Å²) in [6.07, 6.45) is 5.45. The van der Waals surface area contributed by atoms with Crippen LogP contribution in [0, 0.1) is 6.92 Å². The first-order valence-electron chi connectivity index (χ1n) is 10.4. The lowest BCUT2D eigenvalue weighted by atomic mass is 10.1. The van der Waals surface area contributed by atoms with E-state index in [0.29, 0.717) is 23.0 Å². The molecule has 10 heteroatoms. The lowest BCUT2D eigenvalue weighted by Gasteiger charge is -2.20. The predicted octanol–water partition coefficient (Wildman–Crippen LogP) is 2.43. The molecule has 2 unspecified atom stereocenters. The second-order valence-corrected chi connectivity index (χ2v) is 14.0. The zero-order valence-electron chi connectivity index (χ0n) is 18.2. The van der Waals surface area contributed by atoms with Crippen molar-refractivity contribution < 1.29 is 14.9 Å². The monoisotopic (exact) mass is 456 g/mol. The van der Waals surface area contributed by atoms with Gasteiger partial charge in [-0.05, 0) is 39.3 Å². The number of aryl methyl sites for hydroxylation is 1. The molecule has 168 valence electrons. The molecule has 3 N–H and O–H groups in total. The van der Waals surface area contributed by atoms with Crippen molar-refractivity contribution in [2.45, 2.75) is 69.2 Å². The van der Waals surface area contributed by atoms with Gasteiger partial charge in [0.05, 0.1) is 6.10 Å². The Morgan fingerprint density at radius 2 is 2.00 bits per heavy atom. The van der Waals surface area contributed by atoms with E-state index in [9.17, 15) is 15.0 Å². The van der Waals surface area contributed by atoms with Gasteiger partial charge in [0.15, 0.2) is 22.5 Å². The number of H-pyrrole nitrogens is 1. The first-order valence-corrected chi connectivity index (χ1v) is 14.5. The minimum atomic E-state index is -1.28. The number of rotatable bonds is 9. The maximum Gasteiger partial charge on any atom is 0.279 e. The summed E-state index contributed by atoms with van der Waals surface area (Å²) in [7, 11) is 0. The van der Waals surface area contributed by atoms with Crippen molar-refractivity contribution in [3.8, 4) is 0 Å². The largest absolute Gasteiger partial charge is 0.388 e. The molecule has 2 aromatic rings.